The molecule has 0 N–H and O–H groups in total. The van der Waals surface area contributed by atoms with Gasteiger partial charge >= 0.3 is 0 Å². The van der Waals surface area contributed by atoms with E-state index in [1.165, 1.54) is 24.4 Å². The monoisotopic (exact) mass is 239 g/mol. The van der Waals surface area contributed by atoms with Crippen LogP contribution >= 0.6 is 11.5 Å². The Hall–Kier alpha value is -0.680. The minimum atomic E-state index is 0.548. The van der Waals surface area contributed by atoms with Crippen LogP contribution in [0.2, 0.25) is 0 Å². The van der Waals surface area contributed by atoms with Crippen molar-refractivity contribution in [3.8, 4) is 0 Å². The van der Waals surface area contributed by atoms with Crippen molar-refractivity contribution in [3.63, 3.8) is 0 Å². The van der Waals surface area contributed by atoms with Gasteiger partial charge in [0.05, 0.1) is 19.3 Å². The zero-order valence-electron chi connectivity index (χ0n) is 9.56. The van der Waals surface area contributed by atoms with Gasteiger partial charge in [-0.3, -0.25) is 0 Å². The molecule has 16 heavy (non-hydrogen) atoms. The molecule has 2 aliphatic rings. The third-order valence-electron chi connectivity index (χ3n) is 3.35. The van der Waals surface area contributed by atoms with E-state index >= 15 is 0 Å². The lowest BCUT2D eigenvalue weighted by atomic mass is 10.1. The van der Waals surface area contributed by atoms with E-state index < -0.39 is 0 Å². The fourth-order valence-electron chi connectivity index (χ4n) is 2.24. The zero-order valence-corrected chi connectivity index (χ0v) is 10.4. The van der Waals surface area contributed by atoms with Gasteiger partial charge in [0.1, 0.15) is 5.82 Å². The van der Waals surface area contributed by atoms with Crippen LogP contribution in [0.25, 0.3) is 0 Å². The Morgan fingerprint density at radius 1 is 1.50 bits per heavy atom. The number of anilines is 1. The Kier molecular flexibility index (Phi) is 2.81. The van der Waals surface area contributed by atoms with Crippen LogP contribution in [0.4, 0.5) is 5.13 Å². The number of rotatable bonds is 3. The molecule has 1 aliphatic carbocycles. The average Bonchev–Trinajstić information content (AvgIpc) is 3.07. The minimum Gasteiger partial charge on any atom is -0.377 e. The predicted octanol–water partition coefficient (Wildman–Crippen LogP) is 1.72. The second kappa shape index (κ2) is 4.30. The summed E-state index contributed by atoms with van der Waals surface area (Å²) in [5.41, 5.74) is 0. The van der Waals surface area contributed by atoms with Crippen LogP contribution in [-0.2, 0) is 11.2 Å². The first-order chi connectivity index (χ1) is 7.88. The Labute approximate surface area is 99.8 Å². The molecule has 1 saturated heterocycles. The highest BCUT2D eigenvalue weighted by molar-refractivity contribution is 7.09. The van der Waals surface area contributed by atoms with Crippen molar-refractivity contribution in [3.05, 3.63) is 5.82 Å². The summed E-state index contributed by atoms with van der Waals surface area (Å²) in [5, 5.41) is 1.09. The molecular formula is C11H17N3OS. The summed E-state index contributed by atoms with van der Waals surface area (Å²) in [6.07, 6.45) is 3.63. The van der Waals surface area contributed by atoms with Crippen LogP contribution in [0.15, 0.2) is 0 Å². The van der Waals surface area contributed by atoms with Gasteiger partial charge < -0.3 is 9.64 Å². The van der Waals surface area contributed by atoms with E-state index in [0.717, 1.165) is 43.1 Å². The molecule has 2 fully saturated rings. The molecule has 0 aromatic carbocycles. The van der Waals surface area contributed by atoms with Crippen LogP contribution in [-0.4, -0.2) is 35.2 Å². The normalized spacial score (nSPS) is 26.1. The van der Waals surface area contributed by atoms with Crippen LogP contribution in [0.1, 0.15) is 25.6 Å². The third kappa shape index (κ3) is 1.94. The maximum Gasteiger partial charge on any atom is 0.205 e. The Bertz CT molecular complexity index is 364. The molecule has 5 heteroatoms. The van der Waals surface area contributed by atoms with E-state index in [4.69, 9.17) is 4.74 Å². The van der Waals surface area contributed by atoms with Crippen LogP contribution in [0.3, 0.4) is 0 Å². The number of aryl methyl sites for hydroxylation is 1. The molecule has 0 bridgehead atoms. The molecule has 0 amide bonds. The quantitative estimate of drug-likeness (QED) is 0.805. The molecule has 1 aromatic heterocycles. The van der Waals surface area contributed by atoms with Crippen molar-refractivity contribution in [2.24, 2.45) is 5.92 Å². The van der Waals surface area contributed by atoms with E-state index in [1.54, 1.807) is 0 Å². The van der Waals surface area contributed by atoms with Crippen molar-refractivity contribution in [1.29, 1.82) is 0 Å². The van der Waals surface area contributed by atoms with Gasteiger partial charge in [-0.05, 0) is 18.8 Å². The number of aromatic nitrogens is 2. The number of morpholine rings is 1. The van der Waals surface area contributed by atoms with Gasteiger partial charge in [0.25, 0.3) is 0 Å². The number of nitrogens with zero attached hydrogens (tertiary/aromatic N) is 3. The molecular weight excluding hydrogens is 222 g/mol. The van der Waals surface area contributed by atoms with E-state index in [9.17, 15) is 0 Å². The third-order valence-corrected chi connectivity index (χ3v) is 4.14. The van der Waals surface area contributed by atoms with Gasteiger partial charge in [-0.25, -0.2) is 4.98 Å². The molecule has 0 radical (unpaired) electrons. The molecule has 1 atom stereocenters. The molecule has 4 nitrogen and oxygen atoms in total. The summed E-state index contributed by atoms with van der Waals surface area (Å²) in [6, 6.07) is 0.548. The average molecular weight is 239 g/mol. The van der Waals surface area contributed by atoms with Gasteiger partial charge in [0.15, 0.2) is 0 Å². The molecule has 0 spiro atoms. The van der Waals surface area contributed by atoms with Crippen molar-refractivity contribution in [2.45, 2.75) is 32.2 Å². The Morgan fingerprint density at radius 2 is 2.38 bits per heavy atom. The van der Waals surface area contributed by atoms with Crippen molar-refractivity contribution >= 4 is 16.7 Å². The summed E-state index contributed by atoms with van der Waals surface area (Å²) in [4.78, 5) is 7.01. The van der Waals surface area contributed by atoms with Crippen LogP contribution in [0.5, 0.6) is 0 Å². The molecule has 1 saturated carbocycles. The van der Waals surface area contributed by atoms with Crippen molar-refractivity contribution in [1.82, 2.24) is 9.36 Å². The Balaban J connectivity index is 1.79. The SMILES string of the molecule is CCc1nsc(N2CCOC[C@@H]2C2CC2)n1. The largest absolute Gasteiger partial charge is 0.377 e. The van der Waals surface area contributed by atoms with Crippen LogP contribution < -0.4 is 4.90 Å². The van der Waals surface area contributed by atoms with Gasteiger partial charge in [-0.15, -0.1) is 0 Å². The first-order valence-corrected chi connectivity index (χ1v) is 6.83. The van der Waals surface area contributed by atoms with Gasteiger partial charge in [-0.1, -0.05) is 6.92 Å². The lowest BCUT2D eigenvalue weighted by Gasteiger charge is -2.35. The molecule has 2 heterocycles. The lowest BCUT2D eigenvalue weighted by Crippen LogP contribution is -2.46. The predicted molar refractivity (Wildman–Crippen MR) is 64.0 cm³/mol. The molecule has 0 unspecified atom stereocenters. The zero-order chi connectivity index (χ0) is 11.0. The standard InChI is InChI=1S/C11H17N3OS/c1-2-10-12-11(16-13-10)14-5-6-15-7-9(14)8-3-4-8/h8-9H,2-7H2,1H3/t9-/m1/s1. The topological polar surface area (TPSA) is 38.2 Å². The van der Waals surface area contributed by atoms with Crippen molar-refractivity contribution < 1.29 is 4.74 Å². The fraction of sp³-hybridized carbons (Fsp3) is 0.818. The summed E-state index contributed by atoms with van der Waals surface area (Å²) in [7, 11) is 0. The van der Waals surface area contributed by atoms with E-state index in [-0.39, 0.29) is 0 Å². The summed E-state index contributed by atoms with van der Waals surface area (Å²) in [6.45, 7) is 4.76. The maximum atomic E-state index is 5.58. The Morgan fingerprint density at radius 3 is 3.06 bits per heavy atom. The van der Waals surface area contributed by atoms with Crippen molar-refractivity contribution in [2.75, 3.05) is 24.7 Å². The first kappa shape index (κ1) is 10.5. The number of hydrogen-bond acceptors (Lipinski definition) is 5. The summed E-state index contributed by atoms with van der Waals surface area (Å²) >= 11 is 1.54. The highest BCUT2D eigenvalue weighted by Crippen LogP contribution is 2.38. The second-order valence-corrected chi connectivity index (χ2v) is 5.25. The van der Waals surface area contributed by atoms with Gasteiger partial charge in [-0.2, -0.15) is 4.37 Å². The molecule has 3 rings (SSSR count). The molecule has 1 aromatic rings. The summed E-state index contributed by atoms with van der Waals surface area (Å²) < 4.78 is 9.96. The smallest absolute Gasteiger partial charge is 0.205 e. The van der Waals surface area contributed by atoms with E-state index in [2.05, 4.69) is 21.2 Å². The van der Waals surface area contributed by atoms with Gasteiger partial charge in [0.2, 0.25) is 5.13 Å². The van der Waals surface area contributed by atoms with Crippen LogP contribution in [0, 0.1) is 5.92 Å². The molecule has 88 valence electrons. The first-order valence-electron chi connectivity index (χ1n) is 6.05. The highest BCUT2D eigenvalue weighted by atomic mass is 32.1. The fourth-order valence-corrected chi connectivity index (χ4v) is 3.07. The maximum absolute atomic E-state index is 5.58. The number of ether oxygens (including phenoxy) is 1. The van der Waals surface area contributed by atoms with E-state index in [0.29, 0.717) is 6.04 Å². The summed E-state index contributed by atoms with van der Waals surface area (Å²) in [5.74, 6) is 1.80. The molecule has 1 aliphatic heterocycles. The number of hydrogen-bond donors (Lipinski definition) is 0. The lowest BCUT2D eigenvalue weighted by molar-refractivity contribution is 0.0878. The second-order valence-electron chi connectivity index (χ2n) is 4.52. The van der Waals surface area contributed by atoms with Gasteiger partial charge in [0, 0.05) is 24.5 Å². The van der Waals surface area contributed by atoms with E-state index in [1.807, 2.05) is 0 Å². The minimum absolute atomic E-state index is 0.548. The highest BCUT2D eigenvalue weighted by Gasteiger charge is 2.38.